The minimum atomic E-state index is -0.417. The number of carbonyl (C=O) groups excluding carboxylic acids is 1. The van der Waals surface area contributed by atoms with Gasteiger partial charge in [-0.15, -0.1) is 0 Å². The van der Waals surface area contributed by atoms with Gasteiger partial charge in [-0.2, -0.15) is 5.06 Å². The first-order chi connectivity index (χ1) is 17.8. The minimum Gasteiger partial charge on any atom is -0.379 e. The molecule has 2 aromatic rings. The van der Waals surface area contributed by atoms with E-state index in [9.17, 15) is 4.79 Å². The van der Waals surface area contributed by atoms with E-state index in [2.05, 4.69) is 36.1 Å². The Balaban J connectivity index is 1.12. The van der Waals surface area contributed by atoms with E-state index in [4.69, 9.17) is 14.1 Å². The van der Waals surface area contributed by atoms with E-state index in [-0.39, 0.29) is 5.41 Å². The molecule has 2 amide bonds. The molecular weight excluding hydrogens is 476 g/mol. The number of hydrazine groups is 1. The number of hydrogen-bond donors (Lipinski definition) is 3. The SMILES string of the molecule is CC(C)(C)c1cc(NC(=O)Nc2ccc(ON3C=NC=C4C3=CNN4CCN3CCOCC3)cc2)no1. The van der Waals surface area contributed by atoms with Crippen LogP contribution in [0.2, 0.25) is 0 Å². The van der Waals surface area contributed by atoms with Crippen molar-refractivity contribution in [1.29, 1.82) is 0 Å². The lowest BCUT2D eigenvalue weighted by Gasteiger charge is -2.31. The lowest BCUT2D eigenvalue weighted by Crippen LogP contribution is -2.43. The van der Waals surface area contributed by atoms with Gasteiger partial charge < -0.3 is 24.8 Å². The minimum absolute atomic E-state index is 0.194. The number of morpholine rings is 1. The molecule has 5 rings (SSSR count). The number of hydroxylamine groups is 2. The maximum atomic E-state index is 12.4. The Kier molecular flexibility index (Phi) is 7.01. The van der Waals surface area contributed by atoms with Gasteiger partial charge in [-0.1, -0.05) is 25.9 Å². The summed E-state index contributed by atoms with van der Waals surface area (Å²) in [6.45, 7) is 11.2. The van der Waals surface area contributed by atoms with Crippen molar-refractivity contribution in [2.24, 2.45) is 4.99 Å². The number of aromatic nitrogens is 1. The van der Waals surface area contributed by atoms with Gasteiger partial charge in [0.25, 0.3) is 0 Å². The third-order valence-corrected chi connectivity index (χ3v) is 6.07. The fourth-order valence-electron chi connectivity index (χ4n) is 3.96. The van der Waals surface area contributed by atoms with Crippen LogP contribution in [0.3, 0.4) is 0 Å². The molecule has 1 aromatic heterocycles. The molecule has 196 valence electrons. The van der Waals surface area contributed by atoms with E-state index in [1.807, 2.05) is 33.2 Å². The topological polar surface area (TPSA) is 120 Å². The summed E-state index contributed by atoms with van der Waals surface area (Å²) < 4.78 is 10.7. The predicted octanol–water partition coefficient (Wildman–Crippen LogP) is 3.09. The predicted molar refractivity (Wildman–Crippen MR) is 139 cm³/mol. The third kappa shape index (κ3) is 6.04. The Hall–Kier alpha value is -4.03. The number of carbonyl (C=O) groups is 1. The molecule has 1 saturated heterocycles. The zero-order valence-electron chi connectivity index (χ0n) is 21.2. The van der Waals surface area contributed by atoms with Gasteiger partial charge in [-0.05, 0) is 24.3 Å². The summed E-state index contributed by atoms with van der Waals surface area (Å²) in [5, 5.41) is 13.0. The second kappa shape index (κ2) is 10.5. The van der Waals surface area contributed by atoms with Crippen LogP contribution in [0.15, 0.2) is 63.6 Å². The second-order valence-electron chi connectivity index (χ2n) is 9.89. The fourth-order valence-corrected chi connectivity index (χ4v) is 3.96. The molecule has 37 heavy (non-hydrogen) atoms. The van der Waals surface area contributed by atoms with E-state index in [1.54, 1.807) is 41.7 Å². The van der Waals surface area contributed by atoms with Crippen LogP contribution in [0.5, 0.6) is 5.75 Å². The maximum Gasteiger partial charge on any atom is 0.324 e. The molecule has 3 aliphatic heterocycles. The highest BCUT2D eigenvalue weighted by atomic mass is 16.7. The quantitative estimate of drug-likeness (QED) is 0.518. The van der Waals surface area contributed by atoms with E-state index in [0.717, 1.165) is 50.8 Å². The van der Waals surface area contributed by atoms with Gasteiger partial charge in [0.15, 0.2) is 11.6 Å². The van der Waals surface area contributed by atoms with Crippen molar-refractivity contribution in [2.75, 3.05) is 50.0 Å². The summed E-state index contributed by atoms with van der Waals surface area (Å²) >= 11 is 0. The Morgan fingerprint density at radius 2 is 1.89 bits per heavy atom. The molecule has 0 aliphatic carbocycles. The van der Waals surface area contributed by atoms with Gasteiger partial charge in [-0.3, -0.25) is 15.2 Å². The van der Waals surface area contributed by atoms with Gasteiger partial charge >= 0.3 is 6.03 Å². The molecular formula is C25H32N8O4. The van der Waals surface area contributed by atoms with Crippen molar-refractivity contribution in [3.63, 3.8) is 0 Å². The summed E-state index contributed by atoms with van der Waals surface area (Å²) in [7, 11) is 0. The van der Waals surface area contributed by atoms with Gasteiger partial charge in [0.1, 0.15) is 23.5 Å². The zero-order chi connectivity index (χ0) is 25.8. The Morgan fingerprint density at radius 3 is 2.62 bits per heavy atom. The number of anilines is 2. The summed E-state index contributed by atoms with van der Waals surface area (Å²) in [5.41, 5.74) is 5.50. The molecule has 0 spiro atoms. The number of rotatable bonds is 7. The molecule has 0 atom stereocenters. The summed E-state index contributed by atoms with van der Waals surface area (Å²) in [6, 6.07) is 8.36. The van der Waals surface area contributed by atoms with Crippen molar-refractivity contribution in [3.8, 4) is 5.75 Å². The largest absolute Gasteiger partial charge is 0.379 e. The maximum absolute atomic E-state index is 12.4. The number of aliphatic imine (C=N–C) groups is 1. The highest BCUT2D eigenvalue weighted by Gasteiger charge is 2.28. The van der Waals surface area contributed by atoms with Gasteiger partial charge in [0.2, 0.25) is 0 Å². The Morgan fingerprint density at radius 1 is 1.11 bits per heavy atom. The number of fused-ring (bicyclic) bond motifs is 1. The number of nitrogens with zero attached hydrogens (tertiary/aromatic N) is 5. The number of ether oxygens (including phenoxy) is 1. The average molecular weight is 509 g/mol. The van der Waals surface area contributed by atoms with Crippen molar-refractivity contribution in [2.45, 2.75) is 26.2 Å². The lowest BCUT2D eigenvalue weighted by molar-refractivity contribution is 0.0332. The van der Waals surface area contributed by atoms with E-state index < -0.39 is 6.03 Å². The first kappa shape index (κ1) is 24.7. The number of hydrogen-bond acceptors (Lipinski definition) is 10. The average Bonchev–Trinajstić information content (AvgIpc) is 3.52. The summed E-state index contributed by atoms with van der Waals surface area (Å²) in [6.07, 6.45) is 5.33. The monoisotopic (exact) mass is 508 g/mol. The smallest absolute Gasteiger partial charge is 0.324 e. The van der Waals surface area contributed by atoms with Crippen molar-refractivity contribution in [1.82, 2.24) is 25.6 Å². The second-order valence-corrected chi connectivity index (χ2v) is 9.89. The molecule has 1 aromatic carbocycles. The molecule has 0 radical (unpaired) electrons. The molecule has 3 N–H and O–H groups in total. The van der Waals surface area contributed by atoms with E-state index in [0.29, 0.717) is 23.0 Å². The first-order valence-electron chi connectivity index (χ1n) is 12.3. The van der Waals surface area contributed by atoms with Crippen LogP contribution in [0, 0.1) is 0 Å². The Labute approximate surface area is 215 Å². The van der Waals surface area contributed by atoms with Crippen molar-refractivity contribution in [3.05, 3.63) is 59.9 Å². The lowest BCUT2D eigenvalue weighted by atomic mass is 9.93. The molecule has 3 aliphatic rings. The molecule has 0 saturated carbocycles. The summed E-state index contributed by atoms with van der Waals surface area (Å²) in [5.74, 6) is 1.64. The molecule has 0 unspecified atom stereocenters. The molecule has 12 nitrogen and oxygen atoms in total. The zero-order valence-corrected chi connectivity index (χ0v) is 21.2. The van der Waals surface area contributed by atoms with Crippen LogP contribution in [-0.4, -0.2) is 71.9 Å². The molecule has 12 heteroatoms. The summed E-state index contributed by atoms with van der Waals surface area (Å²) in [4.78, 5) is 25.1. The highest BCUT2D eigenvalue weighted by Crippen LogP contribution is 2.27. The van der Waals surface area contributed by atoms with E-state index >= 15 is 0 Å². The number of benzene rings is 1. The molecule has 1 fully saturated rings. The standard InChI is InChI=1S/C25H32N8O4/c1-25(2,3)22-14-23(30-36-22)29-24(34)28-18-4-6-19(7-5-18)37-33-17-26-15-20-21(33)16-27-32(20)9-8-31-10-12-35-13-11-31/h4-7,14-17,27H,8-13H2,1-3H3,(H2,28,29,30,34). The van der Waals surface area contributed by atoms with Crippen molar-refractivity contribution >= 4 is 23.9 Å². The molecule has 4 heterocycles. The van der Waals surface area contributed by atoms with Crippen LogP contribution in [0.25, 0.3) is 0 Å². The van der Waals surface area contributed by atoms with Gasteiger partial charge in [0.05, 0.1) is 26.0 Å². The van der Waals surface area contributed by atoms with Gasteiger partial charge in [0, 0.05) is 43.0 Å². The third-order valence-electron chi connectivity index (χ3n) is 6.07. The molecule has 0 bridgehead atoms. The van der Waals surface area contributed by atoms with Crippen LogP contribution in [0.4, 0.5) is 16.3 Å². The number of urea groups is 1. The highest BCUT2D eigenvalue weighted by molar-refractivity contribution is 5.99. The number of amides is 2. The van der Waals surface area contributed by atoms with Crippen molar-refractivity contribution < 1.29 is 18.9 Å². The number of nitrogens with one attached hydrogen (secondary N) is 3. The van der Waals surface area contributed by atoms with Crippen LogP contribution >= 0.6 is 0 Å². The van der Waals surface area contributed by atoms with Crippen LogP contribution < -0.4 is 20.9 Å². The van der Waals surface area contributed by atoms with Crippen LogP contribution in [0.1, 0.15) is 26.5 Å². The Bertz CT molecular complexity index is 1190. The fraction of sp³-hybridized carbons (Fsp3) is 0.400. The normalized spacial score (nSPS) is 17.6. The van der Waals surface area contributed by atoms with Gasteiger partial charge in [-0.25, -0.2) is 9.79 Å². The van der Waals surface area contributed by atoms with Crippen LogP contribution in [-0.2, 0) is 10.2 Å². The first-order valence-corrected chi connectivity index (χ1v) is 12.3. The van der Waals surface area contributed by atoms with E-state index in [1.165, 1.54) is 0 Å².